The normalized spacial score (nSPS) is 13.3. The van der Waals surface area contributed by atoms with Gasteiger partial charge in [-0.3, -0.25) is 14.8 Å². The average molecular weight is 320 g/mol. The van der Waals surface area contributed by atoms with Crippen molar-refractivity contribution in [2.75, 3.05) is 25.1 Å². The lowest BCUT2D eigenvalue weighted by Gasteiger charge is -2.12. The van der Waals surface area contributed by atoms with Crippen molar-refractivity contribution in [2.45, 2.75) is 26.5 Å². The van der Waals surface area contributed by atoms with Gasteiger partial charge in [0.05, 0.1) is 23.3 Å². The lowest BCUT2D eigenvalue weighted by Crippen LogP contribution is -2.33. The lowest BCUT2D eigenvalue weighted by molar-refractivity contribution is -0.386. The molecule has 10 heteroatoms. The van der Waals surface area contributed by atoms with Gasteiger partial charge in [-0.15, -0.1) is 0 Å². The third-order valence-corrected chi connectivity index (χ3v) is 3.88. The van der Waals surface area contributed by atoms with Crippen LogP contribution in [0.5, 0.6) is 0 Å². The van der Waals surface area contributed by atoms with Gasteiger partial charge < -0.3 is 10.4 Å². The summed E-state index contributed by atoms with van der Waals surface area (Å²) in [6, 6.07) is 0. The van der Waals surface area contributed by atoms with Crippen LogP contribution in [0.3, 0.4) is 0 Å². The van der Waals surface area contributed by atoms with E-state index >= 15 is 0 Å². The predicted molar refractivity (Wildman–Crippen MR) is 76.9 cm³/mol. The molecule has 0 fully saturated rings. The maximum atomic E-state index is 10.9. The van der Waals surface area contributed by atoms with Crippen molar-refractivity contribution in [3.05, 3.63) is 21.5 Å². The molecule has 0 spiro atoms. The molecule has 0 aliphatic carbocycles. The molecule has 0 bridgehead atoms. The summed E-state index contributed by atoms with van der Waals surface area (Å²) in [5, 5.41) is 27.6. The molecule has 1 aromatic heterocycles. The summed E-state index contributed by atoms with van der Waals surface area (Å²) in [5.74, 6) is -0.00883. The Balaban J connectivity index is 2.54. The molecule has 1 rings (SSSR count). The Labute approximate surface area is 123 Å². The highest BCUT2D eigenvalue weighted by Gasteiger charge is 2.22. The number of aromatic nitrogens is 2. The van der Waals surface area contributed by atoms with Crippen LogP contribution < -0.4 is 5.32 Å². The number of sulfone groups is 1. The van der Waals surface area contributed by atoms with E-state index in [1.54, 1.807) is 13.8 Å². The van der Waals surface area contributed by atoms with E-state index in [2.05, 4.69) is 10.4 Å². The zero-order valence-electron chi connectivity index (χ0n) is 12.2. The fourth-order valence-corrected chi connectivity index (χ4v) is 2.43. The predicted octanol–water partition coefficient (Wildman–Crippen LogP) is -0.597. The van der Waals surface area contributed by atoms with Crippen molar-refractivity contribution in [1.82, 2.24) is 15.1 Å². The van der Waals surface area contributed by atoms with Gasteiger partial charge in [0.25, 0.3) is 0 Å². The first-order valence-corrected chi connectivity index (χ1v) is 8.42. The van der Waals surface area contributed by atoms with Crippen molar-refractivity contribution >= 4 is 15.5 Å². The molecule has 0 saturated heterocycles. The molecule has 0 amide bonds. The molecular weight excluding hydrogens is 300 g/mol. The van der Waals surface area contributed by atoms with Crippen LogP contribution in [0, 0.1) is 24.0 Å². The third kappa shape index (κ3) is 5.40. The van der Waals surface area contributed by atoms with E-state index in [0.29, 0.717) is 11.4 Å². The van der Waals surface area contributed by atoms with E-state index in [9.17, 15) is 23.6 Å². The molecule has 1 aromatic rings. The highest BCUT2D eigenvalue weighted by molar-refractivity contribution is 7.90. The van der Waals surface area contributed by atoms with Crippen molar-refractivity contribution in [2.24, 2.45) is 0 Å². The van der Waals surface area contributed by atoms with E-state index in [4.69, 9.17) is 0 Å². The zero-order valence-corrected chi connectivity index (χ0v) is 13.1. The molecule has 1 heterocycles. The fourth-order valence-electron chi connectivity index (χ4n) is 1.92. The molecule has 120 valence electrons. The molecule has 0 aromatic carbocycles. The SMILES string of the molecule is Cc1nn(CC(O)CNCCS(C)(=O)=O)c(C)c1[N+](=O)[O-]. The Hall–Kier alpha value is -1.52. The maximum Gasteiger partial charge on any atom is 0.312 e. The fraction of sp³-hybridized carbons (Fsp3) is 0.727. The van der Waals surface area contributed by atoms with Crippen molar-refractivity contribution < 1.29 is 18.4 Å². The second kappa shape index (κ2) is 6.96. The topological polar surface area (TPSA) is 127 Å². The number of rotatable bonds is 8. The molecule has 21 heavy (non-hydrogen) atoms. The molecule has 1 atom stereocenters. The monoisotopic (exact) mass is 320 g/mol. The van der Waals surface area contributed by atoms with E-state index in [-0.39, 0.29) is 31.1 Å². The second-order valence-electron chi connectivity index (χ2n) is 4.95. The smallest absolute Gasteiger partial charge is 0.312 e. The van der Waals surface area contributed by atoms with Crippen LogP contribution >= 0.6 is 0 Å². The van der Waals surface area contributed by atoms with E-state index in [1.165, 1.54) is 4.68 Å². The quantitative estimate of drug-likeness (QED) is 0.372. The largest absolute Gasteiger partial charge is 0.390 e. The number of nitrogens with one attached hydrogen (secondary N) is 1. The van der Waals surface area contributed by atoms with E-state index < -0.39 is 20.9 Å². The minimum atomic E-state index is -3.04. The van der Waals surface area contributed by atoms with Gasteiger partial charge in [0, 0.05) is 19.3 Å². The molecule has 0 aliphatic heterocycles. The Kier molecular flexibility index (Phi) is 5.81. The van der Waals surface area contributed by atoms with Crippen molar-refractivity contribution in [1.29, 1.82) is 0 Å². The van der Waals surface area contributed by atoms with Gasteiger partial charge >= 0.3 is 5.69 Å². The highest BCUT2D eigenvalue weighted by atomic mass is 32.2. The van der Waals surface area contributed by atoms with Crippen molar-refractivity contribution in [3.63, 3.8) is 0 Å². The molecule has 2 N–H and O–H groups in total. The molecular formula is C11H20N4O5S. The number of aliphatic hydroxyl groups is 1. The summed E-state index contributed by atoms with van der Waals surface area (Å²) >= 11 is 0. The summed E-state index contributed by atoms with van der Waals surface area (Å²) in [4.78, 5) is 10.4. The Morgan fingerprint density at radius 3 is 2.57 bits per heavy atom. The number of hydrogen-bond acceptors (Lipinski definition) is 7. The van der Waals surface area contributed by atoms with Gasteiger partial charge in [-0.2, -0.15) is 5.10 Å². The summed E-state index contributed by atoms with van der Waals surface area (Å²) < 4.78 is 23.3. The zero-order chi connectivity index (χ0) is 16.2. The van der Waals surface area contributed by atoms with E-state index in [1.807, 2.05) is 0 Å². The van der Waals surface area contributed by atoms with Crippen LogP contribution in [0.4, 0.5) is 5.69 Å². The average Bonchev–Trinajstić information content (AvgIpc) is 2.58. The maximum absolute atomic E-state index is 10.9. The van der Waals surface area contributed by atoms with Gasteiger partial charge in [-0.1, -0.05) is 0 Å². The molecule has 0 saturated carbocycles. The number of nitro groups is 1. The highest BCUT2D eigenvalue weighted by Crippen LogP contribution is 2.21. The van der Waals surface area contributed by atoms with Gasteiger partial charge in [0.1, 0.15) is 21.2 Å². The number of nitrogens with zero attached hydrogens (tertiary/aromatic N) is 3. The summed E-state index contributed by atoms with van der Waals surface area (Å²) in [7, 11) is -3.04. The van der Waals surface area contributed by atoms with Crippen LogP contribution in [0.25, 0.3) is 0 Å². The molecule has 9 nitrogen and oxygen atoms in total. The van der Waals surface area contributed by atoms with Crippen LogP contribution in [0.15, 0.2) is 0 Å². The number of aryl methyl sites for hydroxylation is 1. The Bertz CT molecular complexity index is 610. The van der Waals surface area contributed by atoms with Crippen molar-refractivity contribution in [3.8, 4) is 0 Å². The summed E-state index contributed by atoms with van der Waals surface area (Å²) in [6.07, 6.45) is 0.322. The van der Waals surface area contributed by atoms with Gasteiger partial charge in [0.15, 0.2) is 0 Å². The standard InChI is InChI=1S/C11H20N4O5S/c1-8-11(15(17)18)9(2)14(13-8)7-10(16)6-12-4-5-21(3,19)20/h10,12,16H,4-7H2,1-3H3. The summed E-state index contributed by atoms with van der Waals surface area (Å²) in [5.41, 5.74) is 0.634. The van der Waals surface area contributed by atoms with Crippen LogP contribution in [-0.4, -0.2) is 59.4 Å². The molecule has 0 radical (unpaired) electrons. The minimum absolute atomic E-state index is 0.00883. The second-order valence-corrected chi connectivity index (χ2v) is 7.21. The van der Waals surface area contributed by atoms with E-state index in [0.717, 1.165) is 6.26 Å². The minimum Gasteiger partial charge on any atom is -0.390 e. The van der Waals surface area contributed by atoms with Crippen LogP contribution in [-0.2, 0) is 16.4 Å². The molecule has 1 unspecified atom stereocenters. The first-order valence-electron chi connectivity index (χ1n) is 6.36. The lowest BCUT2D eigenvalue weighted by atomic mass is 10.3. The first kappa shape index (κ1) is 17.5. The van der Waals surface area contributed by atoms with Crippen LogP contribution in [0.1, 0.15) is 11.4 Å². The van der Waals surface area contributed by atoms with Gasteiger partial charge in [-0.25, -0.2) is 8.42 Å². The molecule has 0 aliphatic rings. The number of aliphatic hydroxyl groups excluding tert-OH is 1. The van der Waals surface area contributed by atoms with Gasteiger partial charge in [-0.05, 0) is 13.8 Å². The first-order chi connectivity index (χ1) is 9.61. The number of hydrogen-bond donors (Lipinski definition) is 2. The third-order valence-electron chi connectivity index (χ3n) is 2.94. The Morgan fingerprint density at radius 1 is 1.48 bits per heavy atom. The van der Waals surface area contributed by atoms with Crippen LogP contribution in [0.2, 0.25) is 0 Å². The van der Waals surface area contributed by atoms with Gasteiger partial charge in [0.2, 0.25) is 0 Å². The Morgan fingerprint density at radius 2 is 2.10 bits per heavy atom. The summed E-state index contributed by atoms with van der Waals surface area (Å²) in [6.45, 7) is 3.64.